The maximum atomic E-state index is 13.0. The van der Waals surface area contributed by atoms with Crippen molar-refractivity contribution < 1.29 is 8.78 Å². The van der Waals surface area contributed by atoms with Gasteiger partial charge in [0.1, 0.15) is 0 Å². The van der Waals surface area contributed by atoms with Gasteiger partial charge in [0.2, 0.25) is 0 Å². The second kappa shape index (κ2) is 3.74. The van der Waals surface area contributed by atoms with Gasteiger partial charge in [0.05, 0.1) is 0 Å². The Kier molecular flexibility index (Phi) is 3.05. The molecule has 0 bridgehead atoms. The van der Waals surface area contributed by atoms with E-state index in [9.17, 15) is 8.78 Å². The van der Waals surface area contributed by atoms with Crippen LogP contribution in [0.25, 0.3) is 0 Å². The molecular weight excluding hydrogens is 194 g/mol. The SMILES string of the molecule is CNC(=S)N1CCC(F)(F)C(C)C1. The summed E-state index contributed by atoms with van der Waals surface area (Å²) in [5, 5.41) is 3.35. The molecule has 0 spiro atoms. The van der Waals surface area contributed by atoms with Gasteiger partial charge in [-0.15, -0.1) is 0 Å². The van der Waals surface area contributed by atoms with E-state index in [1.54, 1.807) is 18.9 Å². The van der Waals surface area contributed by atoms with E-state index < -0.39 is 11.8 Å². The molecule has 13 heavy (non-hydrogen) atoms. The maximum absolute atomic E-state index is 13.0. The van der Waals surface area contributed by atoms with E-state index in [1.807, 2.05) is 0 Å². The predicted molar refractivity (Wildman–Crippen MR) is 52.0 cm³/mol. The van der Waals surface area contributed by atoms with Crippen LogP contribution in [0.3, 0.4) is 0 Å². The number of rotatable bonds is 0. The number of nitrogens with zero attached hydrogens (tertiary/aromatic N) is 1. The van der Waals surface area contributed by atoms with Crippen LogP contribution in [0.5, 0.6) is 0 Å². The van der Waals surface area contributed by atoms with Gasteiger partial charge in [-0.1, -0.05) is 6.92 Å². The fourth-order valence-corrected chi connectivity index (χ4v) is 1.59. The first kappa shape index (κ1) is 10.6. The number of hydrogen-bond donors (Lipinski definition) is 1. The molecule has 5 heteroatoms. The van der Waals surface area contributed by atoms with Crippen molar-refractivity contribution in [1.29, 1.82) is 0 Å². The van der Waals surface area contributed by atoms with Gasteiger partial charge in [0, 0.05) is 32.5 Å². The van der Waals surface area contributed by atoms with Crippen molar-refractivity contribution in [3.05, 3.63) is 0 Å². The predicted octanol–water partition coefficient (Wildman–Crippen LogP) is 1.47. The number of thiocarbonyl (C=S) groups is 1. The Hall–Kier alpha value is -0.450. The van der Waals surface area contributed by atoms with Crippen molar-refractivity contribution in [1.82, 2.24) is 10.2 Å². The van der Waals surface area contributed by atoms with Crippen molar-refractivity contribution in [3.8, 4) is 0 Å². The minimum atomic E-state index is -2.53. The van der Waals surface area contributed by atoms with Gasteiger partial charge in [-0.25, -0.2) is 8.78 Å². The van der Waals surface area contributed by atoms with Crippen LogP contribution in [-0.2, 0) is 0 Å². The van der Waals surface area contributed by atoms with Crippen LogP contribution in [0.4, 0.5) is 8.78 Å². The number of halogens is 2. The van der Waals surface area contributed by atoms with Crippen LogP contribution < -0.4 is 5.32 Å². The second-order valence-corrected chi connectivity index (χ2v) is 3.80. The van der Waals surface area contributed by atoms with Crippen molar-refractivity contribution in [2.24, 2.45) is 5.92 Å². The van der Waals surface area contributed by atoms with Gasteiger partial charge in [-0.3, -0.25) is 0 Å². The molecule has 1 aliphatic rings. The Morgan fingerprint density at radius 3 is 2.69 bits per heavy atom. The summed E-state index contributed by atoms with van der Waals surface area (Å²) in [4.78, 5) is 1.79. The number of nitrogens with one attached hydrogen (secondary N) is 1. The van der Waals surface area contributed by atoms with Gasteiger partial charge >= 0.3 is 0 Å². The number of likely N-dealkylation sites (tertiary alicyclic amines) is 1. The Morgan fingerprint density at radius 1 is 1.62 bits per heavy atom. The van der Waals surface area contributed by atoms with E-state index in [-0.39, 0.29) is 6.42 Å². The molecule has 2 nitrogen and oxygen atoms in total. The highest BCUT2D eigenvalue weighted by Gasteiger charge is 2.41. The van der Waals surface area contributed by atoms with Gasteiger partial charge in [0.15, 0.2) is 5.11 Å². The fraction of sp³-hybridized carbons (Fsp3) is 0.875. The lowest BCUT2D eigenvalue weighted by molar-refractivity contribution is -0.0877. The summed E-state index contributed by atoms with van der Waals surface area (Å²) in [6, 6.07) is 0. The molecule has 1 N–H and O–H groups in total. The van der Waals surface area contributed by atoms with Crippen LogP contribution in [0.15, 0.2) is 0 Å². The zero-order chi connectivity index (χ0) is 10.1. The summed E-state index contributed by atoms with van der Waals surface area (Å²) in [6.45, 7) is 2.24. The van der Waals surface area contributed by atoms with Crippen molar-refractivity contribution in [2.75, 3.05) is 20.1 Å². The lowest BCUT2D eigenvalue weighted by Crippen LogP contribution is -2.50. The first-order valence-corrected chi connectivity index (χ1v) is 4.72. The van der Waals surface area contributed by atoms with Crippen LogP contribution in [0, 0.1) is 5.92 Å². The summed E-state index contributed by atoms with van der Waals surface area (Å²) < 4.78 is 26.1. The molecule has 1 heterocycles. The number of piperidine rings is 1. The molecule has 0 aromatic rings. The molecule has 1 fully saturated rings. The van der Waals surface area contributed by atoms with Crippen LogP contribution in [-0.4, -0.2) is 36.1 Å². The quantitative estimate of drug-likeness (QED) is 0.607. The summed E-state index contributed by atoms with van der Waals surface area (Å²) in [7, 11) is 1.71. The Balaban J connectivity index is 2.56. The third-order valence-electron chi connectivity index (χ3n) is 2.43. The van der Waals surface area contributed by atoms with E-state index in [1.165, 1.54) is 0 Å². The van der Waals surface area contributed by atoms with E-state index in [2.05, 4.69) is 5.32 Å². The second-order valence-electron chi connectivity index (χ2n) is 3.41. The normalized spacial score (nSPS) is 27.1. The summed E-state index contributed by atoms with van der Waals surface area (Å²) in [5.74, 6) is -3.15. The smallest absolute Gasteiger partial charge is 0.254 e. The Morgan fingerprint density at radius 2 is 2.23 bits per heavy atom. The number of hydrogen-bond acceptors (Lipinski definition) is 1. The van der Waals surface area contributed by atoms with Gasteiger partial charge < -0.3 is 10.2 Å². The molecule has 0 amide bonds. The fourth-order valence-electron chi connectivity index (χ4n) is 1.43. The lowest BCUT2D eigenvalue weighted by atomic mass is 9.96. The molecule has 0 radical (unpaired) electrons. The van der Waals surface area contributed by atoms with Crippen LogP contribution in [0.1, 0.15) is 13.3 Å². The molecule has 1 aliphatic heterocycles. The molecule has 1 unspecified atom stereocenters. The van der Waals surface area contributed by atoms with E-state index in [0.717, 1.165) is 0 Å². The summed E-state index contributed by atoms with van der Waals surface area (Å²) in [6.07, 6.45) is -0.101. The van der Waals surface area contributed by atoms with Gasteiger partial charge in [0.25, 0.3) is 5.92 Å². The van der Waals surface area contributed by atoms with Crippen LogP contribution in [0.2, 0.25) is 0 Å². The first-order valence-electron chi connectivity index (χ1n) is 4.32. The Labute approximate surface area is 82.3 Å². The minimum Gasteiger partial charge on any atom is -0.366 e. The third kappa shape index (κ3) is 2.27. The minimum absolute atomic E-state index is 0.101. The lowest BCUT2D eigenvalue weighted by Gasteiger charge is -2.37. The highest BCUT2D eigenvalue weighted by Crippen LogP contribution is 2.32. The van der Waals surface area contributed by atoms with Gasteiger partial charge in [-0.05, 0) is 12.2 Å². The van der Waals surface area contributed by atoms with Crippen molar-refractivity contribution in [2.45, 2.75) is 19.3 Å². The molecule has 1 rings (SSSR count). The summed E-state index contributed by atoms with van der Waals surface area (Å²) >= 11 is 4.97. The molecular formula is C8H14F2N2S. The van der Waals surface area contributed by atoms with E-state index in [0.29, 0.717) is 18.2 Å². The van der Waals surface area contributed by atoms with Gasteiger partial charge in [-0.2, -0.15) is 0 Å². The van der Waals surface area contributed by atoms with Crippen molar-refractivity contribution in [3.63, 3.8) is 0 Å². The summed E-state index contributed by atoms with van der Waals surface area (Å²) in [5.41, 5.74) is 0. The average Bonchev–Trinajstić information content (AvgIpc) is 2.08. The van der Waals surface area contributed by atoms with E-state index >= 15 is 0 Å². The molecule has 0 saturated carbocycles. The molecule has 0 aromatic heterocycles. The molecule has 1 saturated heterocycles. The molecule has 1 atom stereocenters. The largest absolute Gasteiger partial charge is 0.366 e. The average molecular weight is 208 g/mol. The topological polar surface area (TPSA) is 15.3 Å². The van der Waals surface area contributed by atoms with Crippen LogP contribution >= 0.6 is 12.2 Å². The monoisotopic (exact) mass is 208 g/mol. The molecule has 0 aromatic carbocycles. The van der Waals surface area contributed by atoms with E-state index in [4.69, 9.17) is 12.2 Å². The van der Waals surface area contributed by atoms with Crippen molar-refractivity contribution >= 4 is 17.3 Å². The zero-order valence-corrected chi connectivity index (χ0v) is 8.63. The third-order valence-corrected chi connectivity index (χ3v) is 2.89. The standard InChI is InChI=1S/C8H14F2N2S/c1-6-5-12(7(13)11-2)4-3-8(6,9)10/h6H,3-5H2,1-2H3,(H,11,13). The molecule has 0 aliphatic carbocycles. The maximum Gasteiger partial charge on any atom is 0.254 e. The highest BCUT2D eigenvalue weighted by molar-refractivity contribution is 7.80. The zero-order valence-electron chi connectivity index (χ0n) is 7.81. The Bertz CT molecular complexity index is 208. The number of alkyl halides is 2. The first-order chi connectivity index (χ1) is 5.97. The molecule has 76 valence electrons. The highest BCUT2D eigenvalue weighted by atomic mass is 32.1.